The number of allylic oxidation sites excluding steroid dienone is 2. The summed E-state index contributed by atoms with van der Waals surface area (Å²) in [5.41, 5.74) is 15.4. The second-order valence-electron chi connectivity index (χ2n) is 7.48. The van der Waals surface area contributed by atoms with Crippen LogP contribution >= 0.6 is 11.3 Å². The van der Waals surface area contributed by atoms with E-state index in [2.05, 4.69) is 5.32 Å². The monoisotopic (exact) mass is 416 g/mol. The van der Waals surface area contributed by atoms with Gasteiger partial charge in [-0.1, -0.05) is 0 Å². The van der Waals surface area contributed by atoms with Gasteiger partial charge >= 0.3 is 5.97 Å². The van der Waals surface area contributed by atoms with Crippen molar-refractivity contribution in [1.29, 1.82) is 0 Å². The molecule has 0 saturated carbocycles. The minimum absolute atomic E-state index is 0.0387. The molecule has 7 nitrogen and oxygen atoms in total. The molecule has 0 bridgehead atoms. The summed E-state index contributed by atoms with van der Waals surface area (Å²) >= 11 is 1.57. The van der Waals surface area contributed by atoms with Crippen LogP contribution in [0.4, 0.5) is 0 Å². The molecule has 156 valence electrons. The number of aliphatic carboxylic acids is 1. The largest absolute Gasteiger partial charge is 0.507 e. The Kier molecular flexibility index (Phi) is 6.34. The zero-order valence-corrected chi connectivity index (χ0v) is 17.6. The molecular formula is C21H28N4O3S. The summed E-state index contributed by atoms with van der Waals surface area (Å²) in [7, 11) is 0. The summed E-state index contributed by atoms with van der Waals surface area (Å²) < 4.78 is 1.01. The van der Waals surface area contributed by atoms with Gasteiger partial charge in [0.1, 0.15) is 5.75 Å². The van der Waals surface area contributed by atoms with Crippen LogP contribution in [0.15, 0.2) is 40.5 Å². The summed E-state index contributed by atoms with van der Waals surface area (Å²) in [6, 6.07) is 5.75. The fraction of sp³-hybridized carbons (Fsp3) is 0.381. The number of hydrogen-bond donors (Lipinski definition) is 5. The van der Waals surface area contributed by atoms with Crippen LogP contribution in [0.2, 0.25) is 0 Å². The second-order valence-corrected chi connectivity index (χ2v) is 8.43. The van der Waals surface area contributed by atoms with Gasteiger partial charge in [-0.2, -0.15) is 0 Å². The molecule has 0 radical (unpaired) electrons. The van der Waals surface area contributed by atoms with Crippen LogP contribution in [-0.2, 0) is 4.79 Å². The number of phenolic OH excluding ortho intramolecular Hbond substituents is 1. The lowest BCUT2D eigenvalue weighted by molar-refractivity contribution is -0.138. The van der Waals surface area contributed by atoms with Crippen molar-refractivity contribution in [3.05, 3.63) is 46.1 Å². The normalized spacial score (nSPS) is 19.6. The Bertz CT molecular complexity index is 979. The highest BCUT2D eigenvalue weighted by Gasteiger charge is 2.22. The number of nitrogens with two attached hydrogens (primary N) is 2. The molecule has 1 aromatic heterocycles. The first-order valence-corrected chi connectivity index (χ1v) is 10.5. The highest BCUT2D eigenvalue weighted by atomic mass is 32.1. The van der Waals surface area contributed by atoms with Crippen molar-refractivity contribution in [2.24, 2.45) is 11.5 Å². The highest BCUT2D eigenvalue weighted by molar-refractivity contribution is 7.17. The third-order valence-corrected chi connectivity index (χ3v) is 6.37. The van der Waals surface area contributed by atoms with Crippen molar-refractivity contribution in [2.45, 2.75) is 32.7 Å². The summed E-state index contributed by atoms with van der Waals surface area (Å²) in [6.07, 6.45) is 1.85. The number of carbonyl (C=O) groups is 1. The first-order chi connectivity index (χ1) is 13.8. The summed E-state index contributed by atoms with van der Waals surface area (Å²) in [5.74, 6) is -0.125. The van der Waals surface area contributed by atoms with Crippen LogP contribution in [0.3, 0.4) is 0 Å². The number of nitrogens with zero attached hydrogens (tertiary/aromatic N) is 1. The van der Waals surface area contributed by atoms with Crippen molar-refractivity contribution in [3.8, 4) is 5.75 Å². The Hall–Kier alpha value is -2.71. The highest BCUT2D eigenvalue weighted by Crippen LogP contribution is 2.35. The number of thiophene rings is 1. The fourth-order valence-corrected chi connectivity index (χ4v) is 4.48. The number of likely N-dealkylation sites (tertiary alicyclic amines) is 1. The maximum Gasteiger partial charge on any atom is 0.317 e. The van der Waals surface area contributed by atoms with E-state index in [0.29, 0.717) is 23.6 Å². The molecule has 1 saturated heterocycles. The third-order valence-electron chi connectivity index (χ3n) is 5.49. The van der Waals surface area contributed by atoms with E-state index in [1.165, 1.54) is 0 Å². The number of hydrogen-bond acceptors (Lipinski definition) is 7. The van der Waals surface area contributed by atoms with Crippen LogP contribution in [0.1, 0.15) is 32.3 Å². The first-order valence-electron chi connectivity index (χ1n) is 9.61. The maximum absolute atomic E-state index is 11.0. The lowest BCUT2D eigenvalue weighted by Gasteiger charge is -2.33. The average Bonchev–Trinajstić information content (AvgIpc) is 3.16. The maximum atomic E-state index is 11.0. The van der Waals surface area contributed by atoms with Crippen molar-refractivity contribution in [2.75, 3.05) is 19.6 Å². The van der Waals surface area contributed by atoms with E-state index >= 15 is 0 Å². The van der Waals surface area contributed by atoms with Crippen LogP contribution in [0, 0.1) is 0 Å². The summed E-state index contributed by atoms with van der Waals surface area (Å²) in [4.78, 5) is 12.9. The molecule has 0 aliphatic carbocycles. The van der Waals surface area contributed by atoms with Crippen LogP contribution in [0.25, 0.3) is 15.8 Å². The van der Waals surface area contributed by atoms with Gasteiger partial charge in [-0.25, -0.2) is 0 Å². The molecule has 0 amide bonds. The van der Waals surface area contributed by atoms with Gasteiger partial charge < -0.3 is 27.0 Å². The molecule has 1 aromatic carbocycles. The first kappa shape index (κ1) is 21.0. The lowest BCUT2D eigenvalue weighted by Crippen LogP contribution is -2.48. The van der Waals surface area contributed by atoms with Crippen molar-refractivity contribution in [1.82, 2.24) is 10.2 Å². The van der Waals surface area contributed by atoms with Gasteiger partial charge in [0.15, 0.2) is 0 Å². The van der Waals surface area contributed by atoms with E-state index in [9.17, 15) is 9.90 Å². The number of carboxylic acid groups (broad SMARTS) is 1. The fourth-order valence-electron chi connectivity index (χ4n) is 3.69. The van der Waals surface area contributed by atoms with Gasteiger partial charge in [-0.3, -0.25) is 9.69 Å². The number of benzene rings is 1. The van der Waals surface area contributed by atoms with Gasteiger partial charge in [-0.15, -0.1) is 11.3 Å². The van der Waals surface area contributed by atoms with E-state index in [1.54, 1.807) is 11.3 Å². The van der Waals surface area contributed by atoms with E-state index in [1.807, 2.05) is 42.3 Å². The molecule has 2 aromatic rings. The number of rotatable bonds is 6. The molecule has 7 N–H and O–H groups in total. The van der Waals surface area contributed by atoms with E-state index < -0.39 is 5.97 Å². The minimum Gasteiger partial charge on any atom is -0.507 e. The van der Waals surface area contributed by atoms with E-state index in [-0.39, 0.29) is 18.3 Å². The summed E-state index contributed by atoms with van der Waals surface area (Å²) in [5, 5.41) is 25.7. The smallest absolute Gasteiger partial charge is 0.317 e. The number of nitrogens with one attached hydrogen (secondary N) is 1. The zero-order valence-electron chi connectivity index (χ0n) is 16.7. The molecule has 1 aliphatic rings. The molecular weight excluding hydrogens is 388 g/mol. The Morgan fingerprint density at radius 3 is 2.76 bits per heavy atom. The number of phenols is 1. The average molecular weight is 417 g/mol. The molecule has 1 aliphatic heterocycles. The number of piperidine rings is 1. The molecule has 1 unspecified atom stereocenters. The molecule has 1 fully saturated rings. The zero-order chi connectivity index (χ0) is 21.1. The molecule has 0 spiro atoms. The Balaban J connectivity index is 1.80. The van der Waals surface area contributed by atoms with Crippen molar-refractivity contribution in [3.63, 3.8) is 0 Å². The van der Waals surface area contributed by atoms with Gasteiger partial charge in [0.2, 0.25) is 0 Å². The molecule has 8 heteroatoms. The van der Waals surface area contributed by atoms with Gasteiger partial charge in [-0.05, 0) is 68.0 Å². The Morgan fingerprint density at radius 2 is 2.03 bits per heavy atom. The van der Waals surface area contributed by atoms with Crippen molar-refractivity contribution < 1.29 is 15.0 Å². The second kappa shape index (κ2) is 8.75. The van der Waals surface area contributed by atoms with Gasteiger partial charge in [0, 0.05) is 33.9 Å². The lowest BCUT2D eigenvalue weighted by atomic mass is 10.00. The Labute approximate surface area is 174 Å². The number of fused-ring (bicyclic) bond motifs is 1. The molecule has 1 atom stereocenters. The SMILES string of the molecule is CC(=C(/N)c1ccc2sccc2c1O)/C(C)=C(\N)NC1CCCN(CC(=O)O)C1. The van der Waals surface area contributed by atoms with Crippen LogP contribution < -0.4 is 16.8 Å². The predicted molar refractivity (Wildman–Crippen MR) is 117 cm³/mol. The van der Waals surface area contributed by atoms with Crippen LogP contribution in [-0.4, -0.2) is 46.8 Å². The third kappa shape index (κ3) is 4.65. The topological polar surface area (TPSA) is 125 Å². The molecule has 29 heavy (non-hydrogen) atoms. The molecule has 2 heterocycles. The van der Waals surface area contributed by atoms with Gasteiger partial charge in [0.05, 0.1) is 12.4 Å². The van der Waals surface area contributed by atoms with E-state index in [4.69, 9.17) is 16.6 Å². The quantitative estimate of drug-likeness (QED) is 0.458. The summed E-state index contributed by atoms with van der Waals surface area (Å²) in [6.45, 7) is 5.23. The number of carboxylic acids is 1. The van der Waals surface area contributed by atoms with Crippen molar-refractivity contribution >= 4 is 33.1 Å². The predicted octanol–water partition coefficient (Wildman–Crippen LogP) is 2.63. The molecule has 3 rings (SSSR count). The van der Waals surface area contributed by atoms with Crippen LogP contribution in [0.5, 0.6) is 5.75 Å². The van der Waals surface area contributed by atoms with E-state index in [0.717, 1.165) is 40.6 Å². The minimum atomic E-state index is -0.820. The Morgan fingerprint density at radius 1 is 1.28 bits per heavy atom. The standard InChI is InChI=1S/C21H28N4O3S/c1-12(19(22)16-5-6-17-15(20(16)28)7-9-29-17)13(2)21(23)24-14-4-3-8-25(10-14)11-18(26)27/h5-7,9,14,24,28H,3-4,8,10-11,22-23H2,1-2H3,(H,26,27)/b19-12-,21-13+. The van der Waals surface area contributed by atoms with Gasteiger partial charge in [0.25, 0.3) is 0 Å². The number of aromatic hydroxyl groups is 1.